The fourth-order valence-corrected chi connectivity index (χ4v) is 1.89. The summed E-state index contributed by atoms with van der Waals surface area (Å²) in [5, 5.41) is 9.90. The smallest absolute Gasteiger partial charge is 0.162 e. The van der Waals surface area contributed by atoms with Crippen molar-refractivity contribution >= 4 is 12.4 Å². The highest BCUT2D eigenvalue weighted by atomic mass is 35.5. The van der Waals surface area contributed by atoms with Gasteiger partial charge in [0.1, 0.15) is 0 Å². The van der Waals surface area contributed by atoms with Crippen molar-refractivity contribution in [3.05, 3.63) is 23.3 Å². The summed E-state index contributed by atoms with van der Waals surface area (Å²) in [7, 11) is 3.63. The van der Waals surface area contributed by atoms with E-state index in [-0.39, 0.29) is 12.4 Å². The maximum Gasteiger partial charge on any atom is 0.162 e. The number of phenols is 1. The quantitative estimate of drug-likeness (QED) is 0.797. The maximum atomic E-state index is 9.90. The number of benzene rings is 1. The Kier molecular flexibility index (Phi) is 3.83. The summed E-state index contributed by atoms with van der Waals surface area (Å²) in [4.78, 5) is 2.20. The number of rotatable bonds is 1. The van der Waals surface area contributed by atoms with Crippen molar-refractivity contribution in [3.63, 3.8) is 0 Å². The molecule has 0 saturated carbocycles. The van der Waals surface area contributed by atoms with Gasteiger partial charge in [-0.25, -0.2) is 0 Å². The van der Waals surface area contributed by atoms with Gasteiger partial charge < -0.3 is 14.7 Å². The van der Waals surface area contributed by atoms with Gasteiger partial charge in [0.05, 0.1) is 7.11 Å². The first-order valence-electron chi connectivity index (χ1n) is 4.78. The highest BCUT2D eigenvalue weighted by Crippen LogP contribution is 2.34. The first-order valence-corrected chi connectivity index (χ1v) is 4.78. The summed E-state index contributed by atoms with van der Waals surface area (Å²) in [5.41, 5.74) is 2.25. The lowest BCUT2D eigenvalue weighted by Crippen LogP contribution is -2.26. The number of likely N-dealkylation sites (N-methyl/N-ethyl adjacent to an activating group) is 1. The van der Waals surface area contributed by atoms with Crippen LogP contribution in [-0.2, 0) is 13.0 Å². The molecule has 1 aromatic rings. The number of hydrogen-bond donors (Lipinski definition) is 1. The van der Waals surface area contributed by atoms with E-state index in [0.717, 1.165) is 25.1 Å². The third kappa shape index (κ3) is 2.19. The van der Waals surface area contributed by atoms with Crippen LogP contribution in [0.15, 0.2) is 12.1 Å². The minimum absolute atomic E-state index is 0. The van der Waals surface area contributed by atoms with Crippen LogP contribution in [-0.4, -0.2) is 30.7 Å². The van der Waals surface area contributed by atoms with Gasteiger partial charge in [-0.15, -0.1) is 12.4 Å². The average Bonchev–Trinajstić information content (AvgIpc) is 2.20. The van der Waals surface area contributed by atoms with Crippen LogP contribution < -0.4 is 4.74 Å². The van der Waals surface area contributed by atoms with Crippen LogP contribution in [0.1, 0.15) is 11.1 Å². The second kappa shape index (κ2) is 4.73. The molecule has 0 fully saturated rings. The van der Waals surface area contributed by atoms with Crippen LogP contribution in [0.25, 0.3) is 0 Å². The molecule has 1 aliphatic heterocycles. The van der Waals surface area contributed by atoms with Gasteiger partial charge in [0.25, 0.3) is 0 Å². The number of aromatic hydroxyl groups is 1. The molecular weight excluding hydrogens is 214 g/mol. The van der Waals surface area contributed by atoms with Crippen molar-refractivity contribution in [1.29, 1.82) is 0 Å². The highest BCUT2D eigenvalue weighted by molar-refractivity contribution is 5.85. The number of methoxy groups -OCH3 is 1. The molecule has 0 bridgehead atoms. The van der Waals surface area contributed by atoms with E-state index >= 15 is 0 Å². The van der Waals surface area contributed by atoms with Gasteiger partial charge >= 0.3 is 0 Å². The molecule has 0 radical (unpaired) electrons. The second-order valence-corrected chi connectivity index (χ2v) is 3.74. The molecule has 2 rings (SSSR count). The van der Waals surface area contributed by atoms with E-state index in [1.165, 1.54) is 5.56 Å². The SMILES string of the molecule is COc1ccc2c(c1O)CN(C)CC2.Cl. The van der Waals surface area contributed by atoms with E-state index in [1.54, 1.807) is 7.11 Å². The Bertz CT molecular complexity index is 355. The zero-order chi connectivity index (χ0) is 10.1. The average molecular weight is 230 g/mol. The molecule has 1 N–H and O–H groups in total. The number of nitrogens with zero attached hydrogens (tertiary/aromatic N) is 1. The minimum atomic E-state index is 0. The van der Waals surface area contributed by atoms with Gasteiger partial charge in [-0.05, 0) is 25.1 Å². The third-order valence-electron chi connectivity index (χ3n) is 2.75. The van der Waals surface area contributed by atoms with Gasteiger partial charge in [-0.1, -0.05) is 6.07 Å². The summed E-state index contributed by atoms with van der Waals surface area (Å²) in [5.74, 6) is 0.871. The Morgan fingerprint density at radius 3 is 2.80 bits per heavy atom. The van der Waals surface area contributed by atoms with Gasteiger partial charge in [-0.2, -0.15) is 0 Å². The molecule has 15 heavy (non-hydrogen) atoms. The molecule has 4 heteroatoms. The Hall–Kier alpha value is -0.930. The molecule has 0 aliphatic carbocycles. The summed E-state index contributed by atoms with van der Waals surface area (Å²) in [6, 6.07) is 3.88. The van der Waals surface area contributed by atoms with Crippen molar-refractivity contribution in [1.82, 2.24) is 4.90 Å². The molecule has 0 saturated heterocycles. The Labute approximate surface area is 96.1 Å². The Morgan fingerprint density at radius 1 is 1.40 bits per heavy atom. The third-order valence-corrected chi connectivity index (χ3v) is 2.75. The van der Waals surface area contributed by atoms with Gasteiger partial charge in [-0.3, -0.25) is 0 Å². The lowest BCUT2D eigenvalue weighted by atomic mass is 9.99. The molecule has 0 unspecified atom stereocenters. The summed E-state index contributed by atoms with van der Waals surface area (Å²) in [6.07, 6.45) is 1.00. The fourth-order valence-electron chi connectivity index (χ4n) is 1.89. The van der Waals surface area contributed by atoms with E-state index in [1.807, 2.05) is 12.1 Å². The van der Waals surface area contributed by atoms with Gasteiger partial charge in [0, 0.05) is 18.7 Å². The fraction of sp³-hybridized carbons (Fsp3) is 0.455. The summed E-state index contributed by atoms with van der Waals surface area (Å²) in [6.45, 7) is 1.86. The van der Waals surface area contributed by atoms with Crippen molar-refractivity contribution in [2.24, 2.45) is 0 Å². The normalized spacial score (nSPS) is 15.3. The summed E-state index contributed by atoms with van der Waals surface area (Å²) >= 11 is 0. The summed E-state index contributed by atoms with van der Waals surface area (Å²) < 4.78 is 5.08. The van der Waals surface area contributed by atoms with Gasteiger partial charge in [0.2, 0.25) is 0 Å². The number of ether oxygens (including phenoxy) is 1. The molecule has 1 aliphatic rings. The number of halogens is 1. The molecule has 1 heterocycles. The molecule has 3 nitrogen and oxygen atoms in total. The topological polar surface area (TPSA) is 32.7 Å². The number of fused-ring (bicyclic) bond motifs is 1. The number of phenolic OH excluding ortho intramolecular Hbond substituents is 1. The molecule has 1 aromatic carbocycles. The molecule has 0 aromatic heterocycles. The van der Waals surface area contributed by atoms with Crippen molar-refractivity contribution in [2.45, 2.75) is 13.0 Å². The van der Waals surface area contributed by atoms with Crippen LogP contribution in [0.2, 0.25) is 0 Å². The van der Waals surface area contributed by atoms with Crippen molar-refractivity contribution < 1.29 is 9.84 Å². The van der Waals surface area contributed by atoms with E-state index in [4.69, 9.17) is 4.74 Å². The monoisotopic (exact) mass is 229 g/mol. The van der Waals surface area contributed by atoms with Crippen LogP contribution in [0.4, 0.5) is 0 Å². The van der Waals surface area contributed by atoms with E-state index < -0.39 is 0 Å². The molecule has 84 valence electrons. The zero-order valence-corrected chi connectivity index (χ0v) is 9.80. The van der Waals surface area contributed by atoms with E-state index in [0.29, 0.717) is 11.5 Å². The van der Waals surface area contributed by atoms with E-state index in [9.17, 15) is 5.11 Å². The van der Waals surface area contributed by atoms with Crippen molar-refractivity contribution in [2.75, 3.05) is 20.7 Å². The second-order valence-electron chi connectivity index (χ2n) is 3.74. The number of hydrogen-bond acceptors (Lipinski definition) is 3. The standard InChI is InChI=1S/C11H15NO2.ClH/c1-12-6-5-8-3-4-10(14-2)11(13)9(8)7-12;/h3-4,13H,5-7H2,1-2H3;1H. The predicted molar refractivity (Wildman–Crippen MR) is 61.9 cm³/mol. The predicted octanol–water partition coefficient (Wildman–Crippen LogP) is 1.81. The van der Waals surface area contributed by atoms with Crippen LogP contribution in [0.5, 0.6) is 11.5 Å². The van der Waals surface area contributed by atoms with Crippen LogP contribution in [0.3, 0.4) is 0 Å². The molecule has 0 atom stereocenters. The van der Waals surface area contributed by atoms with Crippen LogP contribution >= 0.6 is 12.4 Å². The first-order chi connectivity index (χ1) is 6.72. The van der Waals surface area contributed by atoms with Crippen molar-refractivity contribution in [3.8, 4) is 11.5 Å². The largest absolute Gasteiger partial charge is 0.504 e. The van der Waals surface area contributed by atoms with Gasteiger partial charge in [0.15, 0.2) is 11.5 Å². The Balaban J connectivity index is 0.00000112. The maximum absolute atomic E-state index is 9.90. The zero-order valence-electron chi connectivity index (χ0n) is 8.99. The van der Waals surface area contributed by atoms with Crippen LogP contribution in [0, 0.1) is 0 Å². The molecule has 0 spiro atoms. The first kappa shape index (κ1) is 12.1. The Morgan fingerprint density at radius 2 is 2.13 bits per heavy atom. The lowest BCUT2D eigenvalue weighted by molar-refractivity contribution is 0.299. The highest BCUT2D eigenvalue weighted by Gasteiger charge is 2.18. The van der Waals surface area contributed by atoms with E-state index in [2.05, 4.69) is 11.9 Å². The minimum Gasteiger partial charge on any atom is -0.504 e. The molecule has 0 amide bonds. The lowest BCUT2D eigenvalue weighted by Gasteiger charge is -2.26. The molecular formula is C11H16ClNO2.